The molecule has 0 saturated carbocycles. The molecule has 1 aliphatic heterocycles. The molecule has 1 amide bonds. The van der Waals surface area contributed by atoms with Crippen molar-refractivity contribution >= 4 is 11.9 Å². The standard InChI is InChI=1S/C26H34N6O/c1-26(2,3)21-11-9-19(10-12-21)22-16-27-25(30(4)5)29-24(22)20-8-6-14-31(17-20)23(33)18-32-15-7-13-28-32/h7,9-13,15-16,20H,6,8,14,17-18H2,1-5H3/t20-/m0/s1. The van der Waals surface area contributed by atoms with Crippen LogP contribution in [0.3, 0.4) is 0 Å². The molecule has 1 saturated heterocycles. The third-order valence-electron chi connectivity index (χ3n) is 6.28. The molecule has 1 aliphatic rings. The number of carbonyl (C=O) groups excluding carboxylic acids is 1. The molecule has 4 rings (SSSR count). The van der Waals surface area contributed by atoms with Crippen LogP contribution in [-0.4, -0.2) is 57.7 Å². The quantitative estimate of drug-likeness (QED) is 0.590. The van der Waals surface area contributed by atoms with Gasteiger partial charge in [0.1, 0.15) is 6.54 Å². The first kappa shape index (κ1) is 23.0. The maximum Gasteiger partial charge on any atom is 0.244 e. The van der Waals surface area contributed by atoms with Crippen LogP contribution in [0.15, 0.2) is 48.9 Å². The van der Waals surface area contributed by atoms with E-state index in [1.54, 1.807) is 10.9 Å². The van der Waals surface area contributed by atoms with Crippen LogP contribution in [0, 0.1) is 0 Å². The Morgan fingerprint density at radius 3 is 2.58 bits per heavy atom. The number of anilines is 1. The minimum atomic E-state index is 0.0985. The van der Waals surface area contributed by atoms with E-state index in [1.165, 1.54) is 5.56 Å². The van der Waals surface area contributed by atoms with Gasteiger partial charge < -0.3 is 9.80 Å². The summed E-state index contributed by atoms with van der Waals surface area (Å²) in [5, 5.41) is 4.18. The number of rotatable bonds is 5. The van der Waals surface area contributed by atoms with Gasteiger partial charge in [-0.15, -0.1) is 0 Å². The van der Waals surface area contributed by atoms with E-state index >= 15 is 0 Å². The van der Waals surface area contributed by atoms with E-state index in [4.69, 9.17) is 4.98 Å². The second-order valence-electron chi connectivity index (χ2n) is 10.1. The Kier molecular flexibility index (Phi) is 6.49. The maximum absolute atomic E-state index is 12.9. The van der Waals surface area contributed by atoms with Crippen LogP contribution in [0.2, 0.25) is 0 Å². The molecule has 174 valence electrons. The Balaban J connectivity index is 1.63. The van der Waals surface area contributed by atoms with Gasteiger partial charge in [0.25, 0.3) is 0 Å². The third kappa shape index (κ3) is 5.24. The third-order valence-corrected chi connectivity index (χ3v) is 6.28. The Morgan fingerprint density at radius 1 is 1.18 bits per heavy atom. The zero-order chi connectivity index (χ0) is 23.6. The van der Waals surface area contributed by atoms with Crippen molar-refractivity contribution in [1.29, 1.82) is 0 Å². The molecule has 0 aliphatic carbocycles. The van der Waals surface area contributed by atoms with Crippen LogP contribution >= 0.6 is 0 Å². The average molecular weight is 447 g/mol. The molecular weight excluding hydrogens is 412 g/mol. The molecular formula is C26H34N6O. The second-order valence-corrected chi connectivity index (χ2v) is 10.1. The zero-order valence-corrected chi connectivity index (χ0v) is 20.3. The average Bonchev–Trinajstić information content (AvgIpc) is 3.31. The molecule has 0 spiro atoms. The summed E-state index contributed by atoms with van der Waals surface area (Å²) in [4.78, 5) is 26.4. The summed E-state index contributed by atoms with van der Waals surface area (Å²) in [5.41, 5.74) is 4.59. The van der Waals surface area contributed by atoms with Crippen molar-refractivity contribution < 1.29 is 4.79 Å². The summed E-state index contributed by atoms with van der Waals surface area (Å²) in [5.74, 6) is 0.959. The maximum atomic E-state index is 12.9. The van der Waals surface area contributed by atoms with Crippen molar-refractivity contribution in [2.75, 3.05) is 32.1 Å². The first-order chi connectivity index (χ1) is 15.7. The molecule has 2 aromatic heterocycles. The smallest absolute Gasteiger partial charge is 0.244 e. The number of likely N-dealkylation sites (tertiary alicyclic amines) is 1. The molecule has 0 radical (unpaired) electrons. The predicted octanol–water partition coefficient (Wildman–Crippen LogP) is 4.11. The number of hydrogen-bond acceptors (Lipinski definition) is 5. The number of benzene rings is 1. The van der Waals surface area contributed by atoms with Gasteiger partial charge in [0, 0.05) is 57.3 Å². The molecule has 1 fully saturated rings. The van der Waals surface area contributed by atoms with E-state index in [-0.39, 0.29) is 23.8 Å². The summed E-state index contributed by atoms with van der Waals surface area (Å²) in [6.07, 6.45) is 7.43. The van der Waals surface area contributed by atoms with Gasteiger partial charge in [-0.1, -0.05) is 45.0 Å². The number of amides is 1. The Hall–Kier alpha value is -3.22. The van der Waals surface area contributed by atoms with Gasteiger partial charge in [0.05, 0.1) is 5.69 Å². The number of aromatic nitrogens is 4. The molecule has 1 atom stereocenters. The summed E-state index contributed by atoms with van der Waals surface area (Å²) in [6, 6.07) is 10.6. The number of hydrogen-bond donors (Lipinski definition) is 0. The van der Waals surface area contributed by atoms with Crippen molar-refractivity contribution in [3.05, 3.63) is 60.2 Å². The van der Waals surface area contributed by atoms with E-state index in [2.05, 4.69) is 55.1 Å². The van der Waals surface area contributed by atoms with Gasteiger partial charge in [0.15, 0.2) is 0 Å². The van der Waals surface area contributed by atoms with Crippen LogP contribution in [-0.2, 0) is 16.8 Å². The van der Waals surface area contributed by atoms with Crippen molar-refractivity contribution in [1.82, 2.24) is 24.6 Å². The molecule has 1 aromatic carbocycles. The molecule has 3 aromatic rings. The predicted molar refractivity (Wildman–Crippen MR) is 131 cm³/mol. The van der Waals surface area contributed by atoms with Gasteiger partial charge in [0.2, 0.25) is 11.9 Å². The van der Waals surface area contributed by atoms with Crippen molar-refractivity contribution in [3.8, 4) is 11.1 Å². The first-order valence-corrected chi connectivity index (χ1v) is 11.6. The van der Waals surface area contributed by atoms with Crippen molar-refractivity contribution in [2.24, 2.45) is 0 Å². The normalized spacial score (nSPS) is 16.6. The largest absolute Gasteiger partial charge is 0.347 e. The number of nitrogens with zero attached hydrogens (tertiary/aromatic N) is 6. The minimum absolute atomic E-state index is 0.0985. The van der Waals surface area contributed by atoms with Gasteiger partial charge in [-0.2, -0.15) is 5.10 Å². The molecule has 33 heavy (non-hydrogen) atoms. The van der Waals surface area contributed by atoms with Gasteiger partial charge in [-0.25, -0.2) is 9.97 Å². The van der Waals surface area contributed by atoms with E-state index < -0.39 is 0 Å². The molecule has 7 heteroatoms. The highest BCUT2D eigenvalue weighted by atomic mass is 16.2. The van der Waals surface area contributed by atoms with Crippen molar-refractivity contribution in [2.45, 2.75) is 51.5 Å². The fourth-order valence-electron chi connectivity index (χ4n) is 4.34. The van der Waals surface area contributed by atoms with E-state index in [0.29, 0.717) is 12.5 Å². The van der Waals surface area contributed by atoms with Crippen LogP contribution in [0.1, 0.15) is 50.8 Å². The fourth-order valence-corrected chi connectivity index (χ4v) is 4.34. The van der Waals surface area contributed by atoms with E-state index in [9.17, 15) is 4.79 Å². The number of carbonyl (C=O) groups is 1. The Morgan fingerprint density at radius 2 is 1.94 bits per heavy atom. The molecule has 7 nitrogen and oxygen atoms in total. The zero-order valence-electron chi connectivity index (χ0n) is 20.3. The lowest BCUT2D eigenvalue weighted by atomic mass is 9.85. The highest BCUT2D eigenvalue weighted by Gasteiger charge is 2.28. The molecule has 0 bridgehead atoms. The highest BCUT2D eigenvalue weighted by molar-refractivity contribution is 5.76. The minimum Gasteiger partial charge on any atom is -0.347 e. The summed E-state index contributed by atoms with van der Waals surface area (Å²) >= 11 is 0. The Bertz CT molecular complexity index is 1080. The van der Waals surface area contributed by atoms with Crippen LogP contribution in [0.5, 0.6) is 0 Å². The van der Waals surface area contributed by atoms with Crippen LogP contribution in [0.4, 0.5) is 5.95 Å². The summed E-state index contributed by atoms with van der Waals surface area (Å²) in [6.45, 7) is 8.38. The van der Waals surface area contributed by atoms with Crippen LogP contribution in [0.25, 0.3) is 11.1 Å². The van der Waals surface area contributed by atoms with Crippen molar-refractivity contribution in [3.63, 3.8) is 0 Å². The number of piperidine rings is 1. The molecule has 3 heterocycles. The van der Waals surface area contributed by atoms with Gasteiger partial charge >= 0.3 is 0 Å². The fraction of sp³-hybridized carbons (Fsp3) is 0.462. The molecule has 0 N–H and O–H groups in total. The highest BCUT2D eigenvalue weighted by Crippen LogP contribution is 2.35. The monoisotopic (exact) mass is 446 g/mol. The topological polar surface area (TPSA) is 67.2 Å². The molecule has 0 unspecified atom stereocenters. The second kappa shape index (κ2) is 9.33. The van der Waals surface area contributed by atoms with E-state index in [1.807, 2.05) is 42.4 Å². The van der Waals surface area contributed by atoms with Crippen LogP contribution < -0.4 is 4.90 Å². The Labute approximate surface area is 196 Å². The lowest BCUT2D eigenvalue weighted by molar-refractivity contribution is -0.133. The lowest BCUT2D eigenvalue weighted by Gasteiger charge is -2.33. The lowest BCUT2D eigenvalue weighted by Crippen LogP contribution is -2.41. The SMILES string of the molecule is CN(C)c1ncc(-c2ccc(C(C)(C)C)cc2)c([C@H]2CCCN(C(=O)Cn3cccn3)C2)n1. The summed E-state index contributed by atoms with van der Waals surface area (Å²) < 4.78 is 1.68. The summed E-state index contributed by atoms with van der Waals surface area (Å²) in [7, 11) is 3.91. The van der Waals surface area contributed by atoms with Gasteiger partial charge in [-0.3, -0.25) is 9.48 Å². The van der Waals surface area contributed by atoms with E-state index in [0.717, 1.165) is 36.2 Å². The van der Waals surface area contributed by atoms with Gasteiger partial charge in [-0.05, 0) is 35.4 Å². The first-order valence-electron chi connectivity index (χ1n) is 11.6.